The average Bonchev–Trinajstić information content (AvgIpc) is 3.16. The summed E-state index contributed by atoms with van der Waals surface area (Å²) in [4.78, 5) is 11.9. The first-order valence-electron chi connectivity index (χ1n) is 8.05. The number of amides is 1. The van der Waals surface area contributed by atoms with Crippen molar-refractivity contribution in [1.82, 2.24) is 9.62 Å². The third-order valence-corrected chi connectivity index (χ3v) is 6.53. The van der Waals surface area contributed by atoms with E-state index < -0.39 is 10.0 Å². The Morgan fingerprint density at radius 1 is 1.15 bits per heavy atom. The van der Waals surface area contributed by atoms with Gasteiger partial charge in [0.2, 0.25) is 5.91 Å². The summed E-state index contributed by atoms with van der Waals surface area (Å²) in [5.74, 6) is 1.05. The molecule has 0 radical (unpaired) electrons. The number of hydrogen-bond donors (Lipinski definition) is 1. The Balaban J connectivity index is 1.72. The van der Waals surface area contributed by atoms with Gasteiger partial charge in [0.1, 0.15) is 22.3 Å². The van der Waals surface area contributed by atoms with E-state index in [0.29, 0.717) is 12.4 Å². The van der Waals surface area contributed by atoms with Crippen molar-refractivity contribution in [3.63, 3.8) is 0 Å². The summed E-state index contributed by atoms with van der Waals surface area (Å²) in [5.41, 5.74) is 0. The Hall–Kier alpha value is -2.10. The van der Waals surface area contributed by atoms with Gasteiger partial charge in [-0.25, -0.2) is 8.42 Å². The Bertz CT molecular complexity index is 789. The van der Waals surface area contributed by atoms with Gasteiger partial charge in [0.15, 0.2) is 0 Å². The zero-order chi connectivity index (χ0) is 19.0. The van der Waals surface area contributed by atoms with Crippen LogP contribution in [0.15, 0.2) is 46.0 Å². The minimum absolute atomic E-state index is 0.214. The second-order valence-corrected chi connectivity index (χ2v) is 8.52. The van der Waals surface area contributed by atoms with Gasteiger partial charge in [-0.15, -0.1) is 11.3 Å². The van der Waals surface area contributed by atoms with E-state index >= 15 is 0 Å². The molecule has 1 N–H and O–H groups in total. The zero-order valence-electron chi connectivity index (χ0n) is 14.7. The summed E-state index contributed by atoms with van der Waals surface area (Å²) < 4.78 is 36.6. The molecule has 0 fully saturated rings. The number of carbonyl (C=O) groups excluding carboxylic acids is 1. The van der Waals surface area contributed by atoms with Crippen LogP contribution in [0.2, 0.25) is 0 Å². The van der Waals surface area contributed by atoms with E-state index in [1.54, 1.807) is 23.6 Å². The van der Waals surface area contributed by atoms with Gasteiger partial charge in [0, 0.05) is 7.05 Å². The van der Waals surface area contributed by atoms with Crippen LogP contribution in [0.4, 0.5) is 0 Å². The number of hydrogen-bond acceptors (Lipinski definition) is 6. The third-order valence-electron chi connectivity index (χ3n) is 3.35. The Morgan fingerprint density at radius 2 is 1.81 bits per heavy atom. The van der Waals surface area contributed by atoms with Crippen LogP contribution in [0.3, 0.4) is 0 Å². The molecule has 0 bridgehead atoms. The largest absolute Gasteiger partial charge is 0.494 e. The Kier molecular flexibility index (Phi) is 7.43. The summed E-state index contributed by atoms with van der Waals surface area (Å²) in [6, 6.07) is 10.4. The summed E-state index contributed by atoms with van der Waals surface area (Å²) in [5, 5.41) is 4.32. The normalized spacial score (nSPS) is 11.3. The maximum absolute atomic E-state index is 12.2. The predicted molar refractivity (Wildman–Crippen MR) is 100 cm³/mol. The molecule has 0 saturated heterocycles. The molecule has 1 aromatic carbocycles. The molecule has 0 aliphatic rings. The van der Waals surface area contributed by atoms with Crippen LogP contribution in [0.1, 0.15) is 6.92 Å². The summed E-state index contributed by atoms with van der Waals surface area (Å²) >= 11 is 1.12. The van der Waals surface area contributed by atoms with Crippen LogP contribution in [-0.4, -0.2) is 52.0 Å². The molecule has 1 heterocycles. The quantitative estimate of drug-likeness (QED) is 0.619. The van der Waals surface area contributed by atoms with Gasteiger partial charge < -0.3 is 14.8 Å². The van der Waals surface area contributed by atoms with Gasteiger partial charge in [-0.05, 0) is 42.6 Å². The second-order valence-electron chi connectivity index (χ2n) is 5.30. The van der Waals surface area contributed by atoms with Gasteiger partial charge in [-0.3, -0.25) is 4.79 Å². The molecular weight excluding hydrogens is 376 g/mol. The fraction of sp³-hybridized carbons (Fsp3) is 0.353. The number of nitrogens with zero attached hydrogens (tertiary/aromatic N) is 1. The van der Waals surface area contributed by atoms with Crippen molar-refractivity contribution in [3.05, 3.63) is 41.8 Å². The lowest BCUT2D eigenvalue weighted by atomic mass is 10.3. The van der Waals surface area contributed by atoms with Crippen molar-refractivity contribution >= 4 is 27.3 Å². The molecule has 0 saturated carbocycles. The first-order chi connectivity index (χ1) is 12.4. The Labute approximate surface area is 157 Å². The molecule has 0 aliphatic carbocycles. The maximum Gasteiger partial charge on any atom is 0.252 e. The zero-order valence-corrected chi connectivity index (χ0v) is 16.3. The molecule has 0 unspecified atom stereocenters. The number of nitrogens with one attached hydrogen (secondary N) is 1. The van der Waals surface area contributed by atoms with Gasteiger partial charge in [-0.1, -0.05) is 6.07 Å². The first-order valence-corrected chi connectivity index (χ1v) is 10.4. The molecule has 2 rings (SSSR count). The molecule has 0 aliphatic heterocycles. The molecule has 1 aromatic heterocycles. The lowest BCUT2D eigenvalue weighted by Crippen LogP contribution is -2.39. The number of ether oxygens (including phenoxy) is 2. The number of thiophene rings is 1. The molecular formula is C17H22N2O5S2. The lowest BCUT2D eigenvalue weighted by molar-refractivity contribution is -0.121. The maximum atomic E-state index is 12.2. The number of rotatable bonds is 10. The predicted octanol–water partition coefficient (Wildman–Crippen LogP) is 1.96. The SMILES string of the molecule is CCOc1ccc(OCCNC(=O)CN(C)S(=O)(=O)c2cccs2)cc1. The second kappa shape index (κ2) is 9.56. The number of likely N-dealkylation sites (N-methyl/N-ethyl adjacent to an activating group) is 1. The van der Waals surface area contributed by atoms with Crippen LogP contribution in [0.5, 0.6) is 11.5 Å². The van der Waals surface area contributed by atoms with Crippen molar-refractivity contribution in [3.8, 4) is 11.5 Å². The molecule has 142 valence electrons. The Morgan fingerprint density at radius 3 is 2.38 bits per heavy atom. The van der Waals surface area contributed by atoms with E-state index in [-0.39, 0.29) is 29.8 Å². The topological polar surface area (TPSA) is 84.9 Å². The first kappa shape index (κ1) is 20.2. The standard InChI is InChI=1S/C17H22N2O5S2/c1-3-23-14-6-8-15(9-7-14)24-11-10-18-16(20)13-19(2)26(21,22)17-5-4-12-25-17/h4-9,12H,3,10-11,13H2,1-2H3,(H,18,20). The highest BCUT2D eigenvalue weighted by molar-refractivity contribution is 7.91. The molecule has 26 heavy (non-hydrogen) atoms. The number of carbonyl (C=O) groups is 1. The van der Waals surface area contributed by atoms with E-state index in [1.807, 2.05) is 19.1 Å². The van der Waals surface area contributed by atoms with Crippen molar-refractivity contribution < 1.29 is 22.7 Å². The molecule has 9 heteroatoms. The summed E-state index contributed by atoms with van der Waals surface area (Å²) in [6.07, 6.45) is 0. The number of benzene rings is 1. The summed E-state index contributed by atoms with van der Waals surface area (Å²) in [6.45, 7) is 2.82. The average molecular weight is 399 g/mol. The van der Waals surface area contributed by atoms with E-state index in [0.717, 1.165) is 21.4 Å². The minimum Gasteiger partial charge on any atom is -0.494 e. The van der Waals surface area contributed by atoms with Crippen LogP contribution >= 0.6 is 11.3 Å². The highest BCUT2D eigenvalue weighted by atomic mass is 32.2. The smallest absolute Gasteiger partial charge is 0.252 e. The van der Waals surface area contributed by atoms with Crippen LogP contribution < -0.4 is 14.8 Å². The van der Waals surface area contributed by atoms with E-state index in [4.69, 9.17) is 9.47 Å². The highest BCUT2D eigenvalue weighted by Gasteiger charge is 2.23. The van der Waals surface area contributed by atoms with Crippen molar-refractivity contribution in [2.45, 2.75) is 11.1 Å². The van der Waals surface area contributed by atoms with Gasteiger partial charge >= 0.3 is 0 Å². The van der Waals surface area contributed by atoms with Crippen molar-refractivity contribution in [2.75, 3.05) is 33.4 Å². The third kappa shape index (κ3) is 5.72. The fourth-order valence-electron chi connectivity index (χ4n) is 2.07. The summed E-state index contributed by atoms with van der Waals surface area (Å²) in [7, 11) is -2.25. The monoisotopic (exact) mass is 398 g/mol. The van der Waals surface area contributed by atoms with Gasteiger partial charge in [-0.2, -0.15) is 4.31 Å². The molecule has 2 aromatic rings. The van der Waals surface area contributed by atoms with Crippen LogP contribution in [0, 0.1) is 0 Å². The van der Waals surface area contributed by atoms with Crippen molar-refractivity contribution in [2.24, 2.45) is 0 Å². The van der Waals surface area contributed by atoms with Crippen LogP contribution in [-0.2, 0) is 14.8 Å². The van der Waals surface area contributed by atoms with Gasteiger partial charge in [0.05, 0.1) is 19.7 Å². The van der Waals surface area contributed by atoms with Crippen molar-refractivity contribution in [1.29, 1.82) is 0 Å². The lowest BCUT2D eigenvalue weighted by Gasteiger charge is -2.15. The van der Waals surface area contributed by atoms with E-state index in [1.165, 1.54) is 13.1 Å². The fourth-order valence-corrected chi connectivity index (χ4v) is 4.39. The molecule has 1 amide bonds. The minimum atomic E-state index is -3.63. The van der Waals surface area contributed by atoms with E-state index in [9.17, 15) is 13.2 Å². The van der Waals surface area contributed by atoms with Gasteiger partial charge in [0.25, 0.3) is 10.0 Å². The van der Waals surface area contributed by atoms with Crippen LogP contribution in [0.25, 0.3) is 0 Å². The molecule has 0 spiro atoms. The highest BCUT2D eigenvalue weighted by Crippen LogP contribution is 2.19. The molecule has 7 nitrogen and oxygen atoms in total. The van der Waals surface area contributed by atoms with E-state index in [2.05, 4.69) is 5.32 Å². The number of sulfonamides is 1. The molecule has 0 atom stereocenters.